The molecule has 1 saturated carbocycles. The zero-order valence-corrected chi connectivity index (χ0v) is 23.0. The van der Waals surface area contributed by atoms with Gasteiger partial charge in [0.2, 0.25) is 0 Å². The van der Waals surface area contributed by atoms with Gasteiger partial charge in [-0.15, -0.1) is 0 Å². The predicted molar refractivity (Wildman–Crippen MR) is 151 cm³/mol. The summed E-state index contributed by atoms with van der Waals surface area (Å²) < 4.78 is 12.4. The van der Waals surface area contributed by atoms with Gasteiger partial charge >= 0.3 is 0 Å². The van der Waals surface area contributed by atoms with Crippen LogP contribution in [0.25, 0.3) is 0 Å². The molecule has 3 aromatic rings. The van der Waals surface area contributed by atoms with Gasteiger partial charge < -0.3 is 20.1 Å². The smallest absolute Gasteiger partial charge is 0.140 e. The molecule has 2 fully saturated rings. The second-order valence-corrected chi connectivity index (χ2v) is 10.7. The molecule has 0 bridgehead atoms. The van der Waals surface area contributed by atoms with Crippen LogP contribution in [0.4, 0.5) is 5.69 Å². The van der Waals surface area contributed by atoms with Crippen LogP contribution in [-0.4, -0.2) is 46.0 Å². The molecule has 0 spiro atoms. The molecular weight excluding hydrogens is 488 g/mol. The van der Waals surface area contributed by atoms with Crippen LogP contribution in [0, 0.1) is 37.5 Å². The van der Waals surface area contributed by atoms with E-state index in [9.17, 15) is 5.26 Å². The van der Waals surface area contributed by atoms with Gasteiger partial charge in [0.25, 0.3) is 0 Å². The number of nitrogens with one attached hydrogen (secondary N) is 1. The Morgan fingerprint density at radius 2 is 1.87 bits per heavy atom. The predicted octanol–water partition coefficient (Wildman–Crippen LogP) is 5.25. The van der Waals surface area contributed by atoms with Crippen molar-refractivity contribution in [2.45, 2.75) is 71.6 Å². The summed E-state index contributed by atoms with van der Waals surface area (Å²) in [6, 6.07) is 12.0. The van der Waals surface area contributed by atoms with Crippen LogP contribution < -0.4 is 15.2 Å². The fourth-order valence-electron chi connectivity index (χ4n) is 5.43. The topological polar surface area (TPSA) is 121 Å². The molecule has 0 amide bonds. The Morgan fingerprint density at radius 1 is 1.10 bits per heavy atom. The minimum absolute atomic E-state index is 0.102. The summed E-state index contributed by atoms with van der Waals surface area (Å²) in [7, 11) is 0. The summed E-state index contributed by atoms with van der Waals surface area (Å²) in [6.45, 7) is 8.26. The van der Waals surface area contributed by atoms with Crippen molar-refractivity contribution >= 4 is 11.4 Å². The van der Waals surface area contributed by atoms with Crippen molar-refractivity contribution in [2.24, 2.45) is 0 Å². The molecule has 2 heterocycles. The summed E-state index contributed by atoms with van der Waals surface area (Å²) in [5.74, 6) is 1.22. The molecule has 5 rings (SSSR count). The first-order valence-electron chi connectivity index (χ1n) is 13.7. The molecule has 1 saturated heterocycles. The van der Waals surface area contributed by atoms with E-state index in [0.717, 1.165) is 54.4 Å². The Labute approximate surface area is 230 Å². The lowest BCUT2D eigenvalue weighted by Crippen LogP contribution is -2.46. The molecule has 39 heavy (non-hydrogen) atoms. The van der Waals surface area contributed by atoms with E-state index in [-0.39, 0.29) is 11.8 Å². The maximum Gasteiger partial charge on any atom is 0.140 e. The number of aromatic nitrogens is 2. The van der Waals surface area contributed by atoms with E-state index >= 15 is 0 Å². The normalized spacial score (nSPS) is 16.4. The molecule has 0 radical (unpaired) electrons. The number of nitrogens with zero attached hydrogens (tertiary/aromatic N) is 4. The number of anilines is 1. The number of piperidine rings is 1. The molecule has 1 aromatic heterocycles. The van der Waals surface area contributed by atoms with Gasteiger partial charge in [-0.3, -0.25) is 5.41 Å². The number of aryl methyl sites for hydroxylation is 3. The monoisotopic (exact) mass is 524 g/mol. The maximum atomic E-state index is 9.96. The Morgan fingerprint density at radius 3 is 2.54 bits per heavy atom. The molecule has 0 atom stereocenters. The van der Waals surface area contributed by atoms with Gasteiger partial charge in [0.1, 0.15) is 30.3 Å². The first kappa shape index (κ1) is 26.6. The average Bonchev–Trinajstić information content (AvgIpc) is 2.90. The highest BCUT2D eigenvalue weighted by atomic mass is 16.5. The number of ether oxygens (including phenoxy) is 2. The van der Waals surface area contributed by atoms with Crippen LogP contribution in [0.1, 0.15) is 71.2 Å². The second kappa shape index (κ2) is 11.4. The summed E-state index contributed by atoms with van der Waals surface area (Å²) in [6.07, 6.45) is 7.74. The Bertz CT molecular complexity index is 1400. The van der Waals surface area contributed by atoms with Crippen LogP contribution in [-0.2, 0) is 6.61 Å². The van der Waals surface area contributed by atoms with Crippen LogP contribution in [0.15, 0.2) is 36.5 Å². The standard InChI is InChI=1S/C31H36N6O2/c1-19-13-22(14-23(16-32)31(19)39-25-9-11-37(12-10-25)24-5-4-6-24)30(34)27-15-26(7-8-29(27)33)38-18-28-20(2)17-35-36-21(28)3/h7-8,13-15,17,24-25,34H,4-6,9-12,18,33H2,1-3H3. The number of nitriles is 1. The zero-order valence-electron chi connectivity index (χ0n) is 23.0. The number of rotatable bonds is 8. The highest BCUT2D eigenvalue weighted by molar-refractivity contribution is 6.14. The summed E-state index contributed by atoms with van der Waals surface area (Å²) >= 11 is 0. The van der Waals surface area contributed by atoms with E-state index in [1.165, 1.54) is 19.3 Å². The van der Waals surface area contributed by atoms with Crippen molar-refractivity contribution in [3.63, 3.8) is 0 Å². The molecule has 202 valence electrons. The first-order chi connectivity index (χ1) is 18.8. The molecule has 0 unspecified atom stereocenters. The lowest BCUT2D eigenvalue weighted by molar-refractivity contribution is 0.0489. The number of benzene rings is 2. The van der Waals surface area contributed by atoms with Gasteiger partial charge in [0, 0.05) is 41.5 Å². The van der Waals surface area contributed by atoms with E-state index in [1.54, 1.807) is 30.5 Å². The molecule has 2 aliphatic rings. The lowest BCUT2D eigenvalue weighted by Gasteiger charge is -2.41. The van der Waals surface area contributed by atoms with Crippen LogP contribution >= 0.6 is 0 Å². The second-order valence-electron chi connectivity index (χ2n) is 10.7. The first-order valence-corrected chi connectivity index (χ1v) is 13.7. The summed E-state index contributed by atoms with van der Waals surface area (Å²) in [4.78, 5) is 2.59. The fraction of sp³-hybridized carbons (Fsp3) is 0.419. The van der Waals surface area contributed by atoms with Crippen molar-refractivity contribution in [1.82, 2.24) is 15.1 Å². The fourth-order valence-corrected chi connectivity index (χ4v) is 5.43. The van der Waals surface area contributed by atoms with E-state index in [4.69, 9.17) is 20.6 Å². The third kappa shape index (κ3) is 5.74. The molecule has 2 aromatic carbocycles. The van der Waals surface area contributed by atoms with Gasteiger partial charge in [0.15, 0.2) is 0 Å². The lowest BCUT2D eigenvalue weighted by atomic mass is 9.89. The van der Waals surface area contributed by atoms with Gasteiger partial charge in [-0.1, -0.05) is 6.42 Å². The van der Waals surface area contributed by atoms with Crippen molar-refractivity contribution in [1.29, 1.82) is 10.7 Å². The van der Waals surface area contributed by atoms with Gasteiger partial charge in [0.05, 0.1) is 23.2 Å². The van der Waals surface area contributed by atoms with E-state index < -0.39 is 0 Å². The summed E-state index contributed by atoms with van der Waals surface area (Å²) in [5.41, 5.74) is 12.3. The molecule has 1 aliphatic carbocycles. The van der Waals surface area contributed by atoms with Crippen LogP contribution in [0.5, 0.6) is 11.5 Å². The number of likely N-dealkylation sites (tertiary alicyclic amines) is 1. The van der Waals surface area contributed by atoms with Crippen molar-refractivity contribution < 1.29 is 9.47 Å². The Kier molecular flexibility index (Phi) is 7.80. The largest absolute Gasteiger partial charge is 0.489 e. The highest BCUT2D eigenvalue weighted by Gasteiger charge is 2.30. The summed E-state index contributed by atoms with van der Waals surface area (Å²) in [5, 5.41) is 27.0. The van der Waals surface area contributed by atoms with E-state index in [1.807, 2.05) is 26.8 Å². The van der Waals surface area contributed by atoms with Gasteiger partial charge in [-0.2, -0.15) is 15.5 Å². The average molecular weight is 525 g/mol. The number of nitrogen functional groups attached to an aromatic ring is 1. The Hall–Kier alpha value is -3.96. The van der Waals surface area contributed by atoms with Crippen molar-refractivity contribution in [2.75, 3.05) is 18.8 Å². The zero-order chi connectivity index (χ0) is 27.5. The minimum atomic E-state index is 0.102. The molecule has 1 aliphatic heterocycles. The number of nitrogens with two attached hydrogens (primary N) is 1. The highest BCUT2D eigenvalue weighted by Crippen LogP contribution is 2.32. The molecule has 8 nitrogen and oxygen atoms in total. The Balaban J connectivity index is 1.31. The van der Waals surface area contributed by atoms with Crippen molar-refractivity contribution in [3.05, 3.63) is 75.6 Å². The van der Waals surface area contributed by atoms with Gasteiger partial charge in [-0.25, -0.2) is 0 Å². The molecule has 8 heteroatoms. The quantitative estimate of drug-likeness (QED) is 0.305. The third-order valence-corrected chi connectivity index (χ3v) is 8.09. The van der Waals surface area contributed by atoms with E-state index in [2.05, 4.69) is 21.2 Å². The van der Waals surface area contributed by atoms with Crippen LogP contribution in [0.3, 0.4) is 0 Å². The maximum absolute atomic E-state index is 9.96. The van der Waals surface area contributed by atoms with Crippen LogP contribution in [0.2, 0.25) is 0 Å². The van der Waals surface area contributed by atoms with Crippen molar-refractivity contribution in [3.8, 4) is 17.6 Å². The minimum Gasteiger partial charge on any atom is -0.489 e. The molecular formula is C31H36N6O2. The van der Waals surface area contributed by atoms with Gasteiger partial charge in [-0.05, 0) is 87.9 Å². The number of hydrogen-bond donors (Lipinski definition) is 2. The SMILES string of the molecule is Cc1cnnc(C)c1COc1ccc(N)c(C(=N)c2cc(C)c(OC3CCN(C4CCC4)CC3)c(C#N)c2)c1. The van der Waals surface area contributed by atoms with E-state index in [0.29, 0.717) is 40.5 Å². The number of hydrogen-bond acceptors (Lipinski definition) is 8. The molecule has 3 N–H and O–H groups in total. The third-order valence-electron chi connectivity index (χ3n) is 8.09.